The number of carboxylic acid groups (broad SMARTS) is 1. The van der Waals surface area contributed by atoms with E-state index in [2.05, 4.69) is 0 Å². The van der Waals surface area contributed by atoms with Gasteiger partial charge in [0, 0.05) is 13.1 Å². The second-order valence-corrected chi connectivity index (χ2v) is 7.20. The molecule has 10 heteroatoms. The highest BCUT2D eigenvalue weighted by atomic mass is 32.2. The van der Waals surface area contributed by atoms with Crippen molar-refractivity contribution in [3.8, 4) is 0 Å². The molecular weight excluding hydrogens is 355 g/mol. The molecule has 1 aromatic rings. The Kier molecular flexibility index (Phi) is 7.03. The zero-order valence-electron chi connectivity index (χ0n) is 14.1. The van der Waals surface area contributed by atoms with E-state index in [4.69, 9.17) is 5.11 Å². The summed E-state index contributed by atoms with van der Waals surface area (Å²) in [5.41, 5.74) is -0.625. The average Bonchev–Trinajstić information content (AvgIpc) is 2.52. The molecule has 1 amide bonds. The minimum atomic E-state index is -3.91. The maximum atomic E-state index is 13.9. The number of hydrogen-bond acceptors (Lipinski definition) is 5. The average molecular weight is 376 g/mol. The quantitative estimate of drug-likeness (QED) is 0.604. The smallest absolute Gasteiger partial charge is 0.328 e. The van der Waals surface area contributed by atoms with Gasteiger partial charge in [-0.05, 0) is 25.1 Å². The van der Waals surface area contributed by atoms with E-state index < -0.39 is 45.4 Å². The fourth-order valence-corrected chi connectivity index (χ4v) is 3.64. The van der Waals surface area contributed by atoms with Gasteiger partial charge >= 0.3 is 5.97 Å². The number of amides is 1. The maximum absolute atomic E-state index is 13.9. The highest BCUT2D eigenvalue weighted by Crippen LogP contribution is 2.19. The Labute approximate surface area is 145 Å². The van der Waals surface area contributed by atoms with E-state index >= 15 is 0 Å². The number of sulfonamides is 1. The summed E-state index contributed by atoms with van der Waals surface area (Å²) < 4.78 is 40.0. The number of nitrogens with one attached hydrogen (secondary N) is 1. The van der Waals surface area contributed by atoms with Crippen molar-refractivity contribution in [2.75, 3.05) is 13.1 Å². The number of aliphatic hydroxyl groups excluding tert-OH is 1. The number of carbonyl (C=O) groups excluding carboxylic acids is 1. The van der Waals surface area contributed by atoms with Crippen LogP contribution in [-0.4, -0.2) is 60.0 Å². The van der Waals surface area contributed by atoms with Crippen molar-refractivity contribution in [1.82, 2.24) is 9.62 Å². The molecule has 140 valence electrons. The Bertz CT molecular complexity index is 746. The van der Waals surface area contributed by atoms with Crippen molar-refractivity contribution >= 4 is 21.9 Å². The Morgan fingerprint density at radius 1 is 1.28 bits per heavy atom. The van der Waals surface area contributed by atoms with Crippen LogP contribution in [0.3, 0.4) is 0 Å². The number of aliphatic hydroxyl groups is 1. The third kappa shape index (κ3) is 4.74. The fraction of sp³-hybridized carbons (Fsp3) is 0.467. The lowest BCUT2D eigenvalue weighted by atomic mass is 10.1. The van der Waals surface area contributed by atoms with Crippen LogP contribution in [-0.2, 0) is 14.8 Å². The van der Waals surface area contributed by atoms with Crippen molar-refractivity contribution in [2.24, 2.45) is 0 Å². The first-order valence-corrected chi connectivity index (χ1v) is 9.01. The van der Waals surface area contributed by atoms with E-state index in [9.17, 15) is 27.5 Å². The van der Waals surface area contributed by atoms with E-state index in [0.29, 0.717) is 0 Å². The summed E-state index contributed by atoms with van der Waals surface area (Å²) >= 11 is 0. The van der Waals surface area contributed by atoms with Crippen LogP contribution in [0.1, 0.15) is 31.1 Å². The van der Waals surface area contributed by atoms with Gasteiger partial charge in [-0.15, -0.1) is 0 Å². The third-order valence-corrected chi connectivity index (χ3v) is 5.61. The molecule has 2 unspecified atom stereocenters. The van der Waals surface area contributed by atoms with Gasteiger partial charge in [-0.2, -0.15) is 4.31 Å². The summed E-state index contributed by atoms with van der Waals surface area (Å²) in [4.78, 5) is 22.9. The van der Waals surface area contributed by atoms with Crippen molar-refractivity contribution < 1.29 is 32.6 Å². The molecule has 25 heavy (non-hydrogen) atoms. The normalized spacial score (nSPS) is 14.2. The monoisotopic (exact) mass is 376 g/mol. The van der Waals surface area contributed by atoms with Gasteiger partial charge < -0.3 is 15.5 Å². The summed E-state index contributed by atoms with van der Waals surface area (Å²) in [6.07, 6.45) is -1.42. The topological polar surface area (TPSA) is 124 Å². The molecule has 0 fully saturated rings. The second kappa shape index (κ2) is 8.37. The number of aliphatic carboxylic acids is 1. The third-order valence-electron chi connectivity index (χ3n) is 3.56. The number of benzene rings is 1. The molecule has 0 aromatic heterocycles. The van der Waals surface area contributed by atoms with Crippen LogP contribution in [0.2, 0.25) is 0 Å². The molecule has 0 bridgehead atoms. The minimum Gasteiger partial charge on any atom is -0.480 e. The van der Waals surface area contributed by atoms with Crippen LogP contribution < -0.4 is 5.32 Å². The molecule has 3 N–H and O–H groups in total. The van der Waals surface area contributed by atoms with Crippen LogP contribution in [0.25, 0.3) is 0 Å². The zero-order valence-corrected chi connectivity index (χ0v) is 14.9. The number of halogens is 1. The van der Waals surface area contributed by atoms with Gasteiger partial charge in [0.25, 0.3) is 5.91 Å². The van der Waals surface area contributed by atoms with Crippen LogP contribution >= 0.6 is 0 Å². The van der Waals surface area contributed by atoms with Crippen LogP contribution in [0.4, 0.5) is 4.39 Å². The Morgan fingerprint density at radius 3 is 2.28 bits per heavy atom. The molecule has 1 aromatic carbocycles. The van der Waals surface area contributed by atoms with E-state index in [1.54, 1.807) is 13.8 Å². The molecule has 1 rings (SSSR count). The highest BCUT2D eigenvalue weighted by molar-refractivity contribution is 7.89. The van der Waals surface area contributed by atoms with E-state index in [1.807, 2.05) is 5.32 Å². The molecule has 8 nitrogen and oxygen atoms in total. The zero-order chi connectivity index (χ0) is 19.4. The minimum absolute atomic E-state index is 0.195. The van der Waals surface area contributed by atoms with Crippen molar-refractivity contribution in [3.05, 3.63) is 29.6 Å². The molecule has 0 radical (unpaired) electrons. The lowest BCUT2D eigenvalue weighted by molar-refractivity contribution is -0.141. The molecule has 0 aliphatic heterocycles. The molecule has 0 aliphatic carbocycles. The number of rotatable bonds is 8. The molecule has 0 aliphatic rings. The number of nitrogens with zero attached hydrogens (tertiary/aromatic N) is 1. The number of carboxylic acids is 1. The summed E-state index contributed by atoms with van der Waals surface area (Å²) in [5.74, 6) is -3.65. The first-order chi connectivity index (χ1) is 11.6. The first-order valence-electron chi connectivity index (χ1n) is 7.57. The number of carbonyl (C=O) groups is 2. The predicted molar refractivity (Wildman–Crippen MR) is 87.1 cm³/mol. The van der Waals surface area contributed by atoms with Crippen LogP contribution in [0, 0.1) is 5.82 Å². The summed E-state index contributed by atoms with van der Waals surface area (Å²) in [5, 5.41) is 20.3. The first kappa shape index (κ1) is 21.0. The fourth-order valence-electron chi connectivity index (χ4n) is 2.16. The lowest BCUT2D eigenvalue weighted by Crippen LogP contribution is -2.47. The van der Waals surface area contributed by atoms with E-state index in [-0.39, 0.29) is 18.0 Å². The van der Waals surface area contributed by atoms with Gasteiger partial charge in [-0.3, -0.25) is 4.79 Å². The molecule has 2 atom stereocenters. The molecule has 0 saturated heterocycles. The second-order valence-electron chi connectivity index (χ2n) is 5.26. The Morgan fingerprint density at radius 2 is 1.84 bits per heavy atom. The van der Waals surface area contributed by atoms with Gasteiger partial charge in [0.2, 0.25) is 10.0 Å². The Balaban J connectivity index is 3.26. The SMILES string of the molecule is CCN(CC)S(=O)(=O)c1ccc(F)c(C(=O)NC(C(=O)O)C(C)O)c1. The van der Waals surface area contributed by atoms with E-state index in [1.165, 1.54) is 0 Å². The summed E-state index contributed by atoms with van der Waals surface area (Å²) in [6.45, 7) is 4.81. The van der Waals surface area contributed by atoms with Gasteiger partial charge in [0.05, 0.1) is 16.6 Å². The molecule has 0 saturated carbocycles. The molecule has 0 heterocycles. The maximum Gasteiger partial charge on any atom is 0.328 e. The van der Waals surface area contributed by atoms with Crippen LogP contribution in [0.15, 0.2) is 23.1 Å². The van der Waals surface area contributed by atoms with Gasteiger partial charge in [0.1, 0.15) is 5.82 Å². The largest absolute Gasteiger partial charge is 0.480 e. The highest BCUT2D eigenvalue weighted by Gasteiger charge is 2.28. The summed E-state index contributed by atoms with van der Waals surface area (Å²) in [7, 11) is -3.91. The molecular formula is C15H21FN2O6S. The summed E-state index contributed by atoms with van der Waals surface area (Å²) in [6, 6.07) is 1.04. The lowest BCUT2D eigenvalue weighted by Gasteiger charge is -2.20. The standard InChI is InChI=1S/C15H21FN2O6S/c1-4-18(5-2)25(23,24)10-6-7-12(16)11(8-10)14(20)17-13(9(3)19)15(21)22/h6-9,13,19H,4-5H2,1-3H3,(H,17,20)(H,21,22). The van der Waals surface area contributed by atoms with Gasteiger partial charge in [-0.1, -0.05) is 13.8 Å². The van der Waals surface area contributed by atoms with Crippen molar-refractivity contribution in [3.63, 3.8) is 0 Å². The van der Waals surface area contributed by atoms with Gasteiger partial charge in [-0.25, -0.2) is 17.6 Å². The van der Waals surface area contributed by atoms with Gasteiger partial charge in [0.15, 0.2) is 6.04 Å². The van der Waals surface area contributed by atoms with Crippen molar-refractivity contribution in [2.45, 2.75) is 37.8 Å². The number of hydrogen-bond donors (Lipinski definition) is 3. The van der Waals surface area contributed by atoms with Crippen LogP contribution in [0.5, 0.6) is 0 Å². The molecule has 0 spiro atoms. The van der Waals surface area contributed by atoms with E-state index in [0.717, 1.165) is 29.4 Å². The predicted octanol–water partition coefficient (Wildman–Crippen LogP) is 0.420. The Hall–Kier alpha value is -2.04. The van der Waals surface area contributed by atoms with Crippen molar-refractivity contribution in [1.29, 1.82) is 0 Å².